The lowest BCUT2D eigenvalue weighted by Gasteiger charge is -2.08. The van der Waals surface area contributed by atoms with E-state index in [0.717, 1.165) is 5.56 Å². The van der Waals surface area contributed by atoms with Crippen molar-refractivity contribution in [1.29, 1.82) is 0 Å². The molecular formula is C14H12ClFN2O. The fourth-order valence-corrected chi connectivity index (χ4v) is 2.10. The lowest BCUT2D eigenvalue weighted by Crippen LogP contribution is -2.10. The van der Waals surface area contributed by atoms with Crippen LogP contribution in [0.1, 0.15) is 21.5 Å². The predicted molar refractivity (Wildman–Crippen MR) is 72.8 cm³/mol. The summed E-state index contributed by atoms with van der Waals surface area (Å²) < 4.78 is 12.9. The number of ketones is 1. The highest BCUT2D eigenvalue weighted by molar-refractivity contribution is 6.31. The van der Waals surface area contributed by atoms with Gasteiger partial charge in [-0.1, -0.05) is 17.7 Å². The van der Waals surface area contributed by atoms with E-state index in [2.05, 4.69) is 4.98 Å². The zero-order chi connectivity index (χ0) is 14.0. The lowest BCUT2D eigenvalue weighted by atomic mass is 10.00. The number of nitrogens with zero attached hydrogens (tertiary/aromatic N) is 1. The minimum absolute atomic E-state index is 0.0653. The Labute approximate surface area is 115 Å². The number of carbonyl (C=O) groups excluding carboxylic acids is 1. The van der Waals surface area contributed by atoms with Gasteiger partial charge in [0.2, 0.25) is 0 Å². The molecule has 1 aromatic heterocycles. The summed E-state index contributed by atoms with van der Waals surface area (Å²) >= 11 is 5.90. The first-order valence-electron chi connectivity index (χ1n) is 5.67. The van der Waals surface area contributed by atoms with Gasteiger partial charge in [0.25, 0.3) is 0 Å². The molecule has 0 amide bonds. The topological polar surface area (TPSA) is 56.0 Å². The number of hydrogen-bond acceptors (Lipinski definition) is 3. The van der Waals surface area contributed by atoms with Gasteiger partial charge in [-0.15, -0.1) is 0 Å². The fraction of sp³-hybridized carbons (Fsp3) is 0.143. The smallest absolute Gasteiger partial charge is 0.171 e. The van der Waals surface area contributed by atoms with Crippen molar-refractivity contribution >= 4 is 23.2 Å². The molecule has 2 N–H and O–H groups in total. The highest BCUT2D eigenvalue weighted by atomic mass is 35.5. The highest BCUT2D eigenvalue weighted by Crippen LogP contribution is 2.21. The summed E-state index contributed by atoms with van der Waals surface area (Å²) in [5.41, 5.74) is 7.43. The number of nitrogen functional groups attached to an aromatic ring is 1. The number of halogens is 2. The van der Waals surface area contributed by atoms with Crippen molar-refractivity contribution in [3.8, 4) is 0 Å². The van der Waals surface area contributed by atoms with Gasteiger partial charge in [-0.25, -0.2) is 9.37 Å². The molecule has 0 spiro atoms. The molecule has 2 rings (SSSR count). The van der Waals surface area contributed by atoms with Crippen LogP contribution in [0.2, 0.25) is 5.02 Å². The van der Waals surface area contributed by atoms with E-state index >= 15 is 0 Å². The molecular weight excluding hydrogens is 267 g/mol. The molecule has 0 radical (unpaired) electrons. The summed E-state index contributed by atoms with van der Waals surface area (Å²) in [7, 11) is 0. The Bertz CT molecular complexity index is 623. The van der Waals surface area contributed by atoms with Crippen LogP contribution < -0.4 is 5.73 Å². The largest absolute Gasteiger partial charge is 0.383 e. The highest BCUT2D eigenvalue weighted by Gasteiger charge is 2.15. The van der Waals surface area contributed by atoms with E-state index in [1.165, 1.54) is 18.2 Å². The van der Waals surface area contributed by atoms with E-state index < -0.39 is 5.82 Å². The van der Waals surface area contributed by atoms with E-state index in [1.54, 1.807) is 19.2 Å². The molecule has 0 saturated heterocycles. The van der Waals surface area contributed by atoms with Crippen molar-refractivity contribution in [2.45, 2.75) is 13.3 Å². The Hall–Kier alpha value is -1.94. The van der Waals surface area contributed by atoms with Crippen LogP contribution in [-0.2, 0) is 6.42 Å². The number of Topliss-reactive ketones (excluding diaryl/α,β-unsaturated/α-hetero) is 1. The van der Waals surface area contributed by atoms with Gasteiger partial charge in [0.15, 0.2) is 5.78 Å². The van der Waals surface area contributed by atoms with Gasteiger partial charge in [-0.2, -0.15) is 0 Å². The maximum atomic E-state index is 12.9. The van der Waals surface area contributed by atoms with Gasteiger partial charge in [-0.3, -0.25) is 4.79 Å². The van der Waals surface area contributed by atoms with Crippen LogP contribution in [-0.4, -0.2) is 10.8 Å². The summed E-state index contributed by atoms with van der Waals surface area (Å²) in [5.74, 6) is -0.418. The molecule has 0 saturated carbocycles. The third kappa shape index (κ3) is 2.90. The summed E-state index contributed by atoms with van der Waals surface area (Å²) in [4.78, 5) is 16.1. The zero-order valence-electron chi connectivity index (χ0n) is 10.3. The third-order valence-electron chi connectivity index (χ3n) is 2.83. The number of hydrogen-bond donors (Lipinski definition) is 1. The molecule has 0 aliphatic carbocycles. The van der Waals surface area contributed by atoms with Crippen molar-refractivity contribution in [1.82, 2.24) is 4.98 Å². The van der Waals surface area contributed by atoms with Crippen LogP contribution in [0.3, 0.4) is 0 Å². The van der Waals surface area contributed by atoms with Crippen molar-refractivity contribution in [3.63, 3.8) is 0 Å². The molecule has 0 fully saturated rings. The number of anilines is 1. The quantitative estimate of drug-likeness (QED) is 0.877. The average Bonchev–Trinajstić information content (AvgIpc) is 2.32. The van der Waals surface area contributed by atoms with Crippen LogP contribution >= 0.6 is 11.6 Å². The molecule has 0 bridgehead atoms. The summed E-state index contributed by atoms with van der Waals surface area (Å²) in [6.45, 7) is 1.79. The molecule has 1 heterocycles. The van der Waals surface area contributed by atoms with Gasteiger partial charge in [0, 0.05) is 17.6 Å². The molecule has 3 nitrogen and oxygen atoms in total. The molecule has 98 valence electrons. The number of nitrogens with two attached hydrogens (primary N) is 1. The second kappa shape index (κ2) is 5.36. The van der Waals surface area contributed by atoms with Crippen LogP contribution in [0.5, 0.6) is 0 Å². The molecule has 0 aliphatic rings. The second-order valence-electron chi connectivity index (χ2n) is 4.22. The summed E-state index contributed by atoms with van der Waals surface area (Å²) in [6, 6.07) is 5.67. The zero-order valence-corrected chi connectivity index (χ0v) is 11.0. The molecule has 1 aromatic carbocycles. The number of pyridine rings is 1. The average molecular weight is 279 g/mol. The Kier molecular flexibility index (Phi) is 3.81. The molecule has 2 aromatic rings. The van der Waals surface area contributed by atoms with Gasteiger partial charge >= 0.3 is 0 Å². The van der Waals surface area contributed by atoms with E-state index in [4.69, 9.17) is 17.3 Å². The Morgan fingerprint density at radius 3 is 2.79 bits per heavy atom. The van der Waals surface area contributed by atoms with E-state index in [9.17, 15) is 9.18 Å². The van der Waals surface area contributed by atoms with E-state index in [0.29, 0.717) is 11.1 Å². The summed E-state index contributed by atoms with van der Waals surface area (Å²) in [5, 5.41) is 0.230. The van der Waals surface area contributed by atoms with Gasteiger partial charge in [-0.05, 0) is 36.2 Å². The fourth-order valence-electron chi connectivity index (χ4n) is 1.87. The van der Waals surface area contributed by atoms with Crippen molar-refractivity contribution in [2.24, 2.45) is 0 Å². The first-order valence-corrected chi connectivity index (χ1v) is 6.05. The van der Waals surface area contributed by atoms with Crippen molar-refractivity contribution in [3.05, 3.63) is 58.0 Å². The SMILES string of the molecule is Cc1ccnc(N)c1C(=O)Cc1ccc(F)cc1Cl. The standard InChI is InChI=1S/C14H12ClFN2O/c1-8-4-5-18-14(17)13(8)12(19)6-9-2-3-10(16)7-11(9)15/h2-5,7H,6H2,1H3,(H2,17,18). The number of benzene rings is 1. The molecule has 0 unspecified atom stereocenters. The number of rotatable bonds is 3. The minimum atomic E-state index is -0.432. The van der Waals surface area contributed by atoms with Crippen LogP contribution in [0.4, 0.5) is 10.2 Å². The predicted octanol–water partition coefficient (Wildman–Crippen LogP) is 3.19. The third-order valence-corrected chi connectivity index (χ3v) is 3.19. The molecule has 0 atom stereocenters. The maximum Gasteiger partial charge on any atom is 0.171 e. The van der Waals surface area contributed by atoms with Gasteiger partial charge in [0.1, 0.15) is 11.6 Å². The Morgan fingerprint density at radius 1 is 1.42 bits per heavy atom. The second-order valence-corrected chi connectivity index (χ2v) is 4.63. The Balaban J connectivity index is 2.31. The number of carbonyl (C=O) groups is 1. The first kappa shape index (κ1) is 13.5. The van der Waals surface area contributed by atoms with Crippen molar-refractivity contribution in [2.75, 3.05) is 5.73 Å². The lowest BCUT2D eigenvalue weighted by molar-refractivity contribution is 0.0993. The van der Waals surface area contributed by atoms with Crippen molar-refractivity contribution < 1.29 is 9.18 Å². The Morgan fingerprint density at radius 2 is 2.16 bits per heavy atom. The van der Waals surface area contributed by atoms with Crippen LogP contribution in [0.15, 0.2) is 30.5 Å². The van der Waals surface area contributed by atoms with E-state index in [-0.39, 0.29) is 23.0 Å². The minimum Gasteiger partial charge on any atom is -0.383 e. The molecule has 5 heteroatoms. The first-order chi connectivity index (χ1) is 8.99. The van der Waals surface area contributed by atoms with Crippen LogP contribution in [0.25, 0.3) is 0 Å². The van der Waals surface area contributed by atoms with E-state index in [1.807, 2.05) is 0 Å². The van der Waals surface area contributed by atoms with Gasteiger partial charge < -0.3 is 5.73 Å². The maximum absolute atomic E-state index is 12.9. The summed E-state index contributed by atoms with van der Waals surface area (Å²) in [6.07, 6.45) is 1.61. The number of aromatic nitrogens is 1. The number of aryl methyl sites for hydroxylation is 1. The molecule has 0 aliphatic heterocycles. The van der Waals surface area contributed by atoms with Crippen LogP contribution in [0, 0.1) is 12.7 Å². The monoisotopic (exact) mass is 278 g/mol. The van der Waals surface area contributed by atoms with Gasteiger partial charge in [0.05, 0.1) is 5.56 Å². The molecule has 19 heavy (non-hydrogen) atoms. The normalized spacial score (nSPS) is 10.5.